The van der Waals surface area contributed by atoms with Gasteiger partial charge in [-0.2, -0.15) is 0 Å². The van der Waals surface area contributed by atoms with Gasteiger partial charge in [0.2, 0.25) is 5.91 Å². The Morgan fingerprint density at radius 3 is 2.09 bits per heavy atom. The third-order valence-electron chi connectivity index (χ3n) is 3.09. The van der Waals surface area contributed by atoms with Crippen molar-refractivity contribution in [2.45, 2.75) is 58.5 Å². The largest absolute Gasteiger partial charge is 1.00 e. The molecule has 0 rings (SSSR count). The summed E-state index contributed by atoms with van der Waals surface area (Å²) in [5.41, 5.74) is 4.47. The number of phosphoric acid groups is 1. The molecule has 0 heterocycles. The molecule has 10 nitrogen and oxygen atoms in total. The molecule has 0 aromatic carbocycles. The third kappa shape index (κ3) is 37.5. The Hall–Kier alpha value is -1.24. The summed E-state index contributed by atoms with van der Waals surface area (Å²) in [6.07, 6.45) is 8.27. The van der Waals surface area contributed by atoms with Crippen LogP contribution in [0.2, 0.25) is 0 Å². The van der Waals surface area contributed by atoms with E-state index in [2.05, 4.69) is 46.8 Å². The number of hydrogen-bond donors (Lipinski definition) is 1. The molecule has 0 fully saturated rings. The minimum atomic E-state index is -5.28. The van der Waals surface area contributed by atoms with Gasteiger partial charge in [0.1, 0.15) is 6.61 Å². The molecule has 0 aliphatic rings. The molecule has 0 saturated carbocycles. The number of ether oxygens (including phenoxy) is 2. The number of hydrogen-bond acceptors (Lipinski definition) is 9. The van der Waals surface area contributed by atoms with Crippen molar-refractivity contribution in [3.8, 4) is 47.9 Å². The summed E-state index contributed by atoms with van der Waals surface area (Å²) >= 11 is 0. The second kappa shape index (κ2) is 27.3. The molecule has 0 aliphatic carbocycles. The van der Waals surface area contributed by atoms with Gasteiger partial charge in [-0.25, -0.2) is 4.79 Å². The summed E-state index contributed by atoms with van der Waals surface area (Å²) in [7, 11) is -5.28. The maximum absolute atomic E-state index is 11.8. The normalized spacial score (nSPS) is 9.46. The first kappa shape index (κ1) is 40.9. The number of carbonyl (C=O) groups excluding carboxylic acids is 3. The predicted octanol–water partition coefficient (Wildman–Crippen LogP) is -4.49. The van der Waals surface area contributed by atoms with Crippen molar-refractivity contribution in [3.63, 3.8) is 0 Å². The van der Waals surface area contributed by atoms with Crippen molar-refractivity contribution in [2.75, 3.05) is 13.2 Å². The minimum Gasteiger partial charge on any atom is -0.790 e. The molecule has 1 atom stereocenters. The van der Waals surface area contributed by atoms with Crippen molar-refractivity contribution in [1.29, 1.82) is 0 Å². The fourth-order valence-corrected chi connectivity index (χ4v) is 2.17. The molecule has 0 aromatic rings. The summed E-state index contributed by atoms with van der Waals surface area (Å²) in [6.45, 7) is 2.06. The van der Waals surface area contributed by atoms with Gasteiger partial charge < -0.3 is 34.1 Å². The zero-order valence-corrected chi connectivity index (χ0v) is 25.4. The molecule has 0 bridgehead atoms. The number of unbranched alkanes of at least 4 members (excludes halogenated alkanes) is 4. The summed E-state index contributed by atoms with van der Waals surface area (Å²) in [4.78, 5) is 53.8. The van der Waals surface area contributed by atoms with E-state index in [1.54, 1.807) is 0 Å². The van der Waals surface area contributed by atoms with Crippen LogP contribution < -0.4 is 74.6 Å². The number of carbonyl (C=O) groups is 3. The van der Waals surface area contributed by atoms with Crippen LogP contribution >= 0.6 is 7.82 Å². The van der Waals surface area contributed by atoms with Gasteiger partial charge in [-0.15, -0.1) is 6.42 Å². The second-order valence-electron chi connectivity index (χ2n) is 6.12. The van der Waals surface area contributed by atoms with Crippen molar-refractivity contribution < 1.29 is 112 Å². The van der Waals surface area contributed by atoms with E-state index in [1.807, 2.05) is 11.8 Å². The first-order chi connectivity index (χ1) is 15.5. The molecule has 1 amide bonds. The average molecular weight is 540 g/mol. The van der Waals surface area contributed by atoms with Gasteiger partial charge in [-0.3, -0.25) is 9.59 Å². The molecule has 13 heteroatoms. The first-order valence-corrected chi connectivity index (χ1v) is 11.2. The molecular weight excluding hydrogens is 499 g/mol. The molecule has 0 radical (unpaired) electrons. The fourth-order valence-electron chi connectivity index (χ4n) is 1.83. The van der Waals surface area contributed by atoms with Crippen LogP contribution in [0.3, 0.4) is 0 Å². The third-order valence-corrected chi connectivity index (χ3v) is 3.55. The van der Waals surface area contributed by atoms with Gasteiger partial charge >= 0.3 is 71.1 Å². The second-order valence-corrected chi connectivity index (χ2v) is 7.28. The number of esters is 2. The van der Waals surface area contributed by atoms with Gasteiger partial charge in [0, 0.05) is 29.3 Å². The standard InChI is InChI=1S/C20H23O8P.C2H5NO.2Na.7H2/c1-3-5-7-9-11-12-14-19(21)26-16-18(17-27-29(23,24)25)28-20(22)15-13-10-8-6-4-2;1-2(3)4;;;;;;;;;/h1,18H,4,6,8,10,13,15-17H2,2H3,(H2,23,24,25);1H3,(H2,3,4);;;7*1H/q;;2*+1;;;;;;;/p-2/t18-;;;;;;;;;;/m0........../s1. The van der Waals surface area contributed by atoms with E-state index in [1.165, 1.54) is 6.92 Å². The van der Waals surface area contributed by atoms with E-state index >= 15 is 0 Å². The molecule has 0 unspecified atom stereocenters. The number of phosphoric ester groups is 1. The van der Waals surface area contributed by atoms with Crippen LogP contribution in [0, 0.1) is 47.9 Å². The van der Waals surface area contributed by atoms with Gasteiger partial charge in [0.05, 0.1) is 14.4 Å². The molecule has 35 heavy (non-hydrogen) atoms. The Morgan fingerprint density at radius 2 is 1.54 bits per heavy atom. The Bertz CT molecular complexity index is 932. The Labute approximate surface area is 261 Å². The Balaban J connectivity index is -0.0000000769. The van der Waals surface area contributed by atoms with Crippen molar-refractivity contribution in [2.24, 2.45) is 5.73 Å². The van der Waals surface area contributed by atoms with Gasteiger partial charge in [-0.05, 0) is 41.9 Å². The maximum atomic E-state index is 11.8. The van der Waals surface area contributed by atoms with E-state index in [0.717, 1.165) is 25.7 Å². The van der Waals surface area contributed by atoms with Crippen LogP contribution in [0.1, 0.15) is 62.4 Å². The number of rotatable bonds is 12. The zero-order chi connectivity index (χ0) is 25.5. The topological polar surface area (TPSA) is 168 Å². The van der Waals surface area contributed by atoms with Gasteiger partial charge in [-0.1, -0.05) is 32.6 Å². The predicted molar refractivity (Wildman–Crippen MR) is 130 cm³/mol. The molecule has 2 N–H and O–H groups in total. The number of amides is 1. The summed E-state index contributed by atoms with van der Waals surface area (Å²) in [5, 5.41) is 0. The van der Waals surface area contributed by atoms with Crippen LogP contribution in [0.15, 0.2) is 0 Å². The van der Waals surface area contributed by atoms with Crippen molar-refractivity contribution in [3.05, 3.63) is 0 Å². The van der Waals surface area contributed by atoms with E-state index < -0.39 is 39.1 Å². The molecular formula is C22H40NNa2O9P. The first-order valence-electron chi connectivity index (χ1n) is 9.77. The van der Waals surface area contributed by atoms with Gasteiger partial charge in [0.25, 0.3) is 0 Å². The van der Waals surface area contributed by atoms with E-state index in [4.69, 9.17) is 15.9 Å². The molecule has 194 valence electrons. The van der Waals surface area contributed by atoms with Crippen LogP contribution in [0.4, 0.5) is 0 Å². The van der Waals surface area contributed by atoms with Crippen LogP contribution in [0.5, 0.6) is 0 Å². The van der Waals surface area contributed by atoms with Crippen LogP contribution in [-0.4, -0.2) is 37.2 Å². The summed E-state index contributed by atoms with van der Waals surface area (Å²) in [5.74, 6) is 13.3. The number of primary amides is 1. The molecule has 0 aliphatic heterocycles. The summed E-state index contributed by atoms with van der Waals surface area (Å²) < 4.78 is 24.5. The van der Waals surface area contributed by atoms with E-state index in [0.29, 0.717) is 6.42 Å². The van der Waals surface area contributed by atoms with E-state index in [9.17, 15) is 28.7 Å². The van der Waals surface area contributed by atoms with E-state index in [-0.39, 0.29) is 81.4 Å². The Morgan fingerprint density at radius 1 is 1.00 bits per heavy atom. The quantitative estimate of drug-likeness (QED) is 0.0642. The minimum absolute atomic E-state index is 0. The monoisotopic (exact) mass is 539 g/mol. The maximum Gasteiger partial charge on any atom is 1.00 e. The van der Waals surface area contributed by atoms with Crippen LogP contribution in [-0.2, 0) is 32.9 Å². The molecule has 0 aromatic heterocycles. The number of nitrogens with two attached hydrogens (primary N) is 1. The summed E-state index contributed by atoms with van der Waals surface area (Å²) in [6, 6.07) is 0. The molecule has 0 saturated heterocycles. The van der Waals surface area contributed by atoms with Crippen LogP contribution in [0.25, 0.3) is 0 Å². The van der Waals surface area contributed by atoms with Gasteiger partial charge in [0.15, 0.2) is 6.10 Å². The zero-order valence-electron chi connectivity index (χ0n) is 20.5. The van der Waals surface area contributed by atoms with Crippen molar-refractivity contribution in [1.82, 2.24) is 0 Å². The number of terminal acetylenes is 1. The smallest absolute Gasteiger partial charge is 0.790 e. The SMILES string of the molecule is C#CC#CC#CC#CC(=O)OC[C@@H](COP(=O)([O-])[O-])OC(=O)CCCCCCC.CC(N)=O.[HH].[HH].[HH].[HH].[HH].[HH].[HH].[Na+].[Na+]. The molecule has 0 spiro atoms. The Kier molecular flexibility index (Phi) is 32.0. The average Bonchev–Trinajstić information content (AvgIpc) is 2.71. The van der Waals surface area contributed by atoms with Crippen molar-refractivity contribution >= 4 is 25.7 Å². The fraction of sp³-hybridized carbons (Fsp3) is 0.500.